The maximum atomic E-state index is 4.61. The van der Waals surface area contributed by atoms with E-state index in [9.17, 15) is 0 Å². The average molecular weight is 247 g/mol. The van der Waals surface area contributed by atoms with Gasteiger partial charge in [-0.05, 0) is 40.0 Å². The fourth-order valence-corrected chi connectivity index (χ4v) is 2.84. The van der Waals surface area contributed by atoms with E-state index in [0.717, 1.165) is 16.4 Å². The fourth-order valence-electron chi connectivity index (χ4n) is 1.69. The molecule has 0 fully saturated rings. The van der Waals surface area contributed by atoms with Crippen LogP contribution in [0.4, 0.5) is 0 Å². The Kier molecular flexibility index (Phi) is 3.26. The van der Waals surface area contributed by atoms with E-state index in [-0.39, 0.29) is 5.54 Å². The Labute approximate surface area is 106 Å². The molecular formula is C13H17N3S. The number of aryl methyl sites for hydroxylation is 1. The molecule has 90 valence electrons. The van der Waals surface area contributed by atoms with Crippen molar-refractivity contribution in [3.8, 4) is 10.7 Å². The van der Waals surface area contributed by atoms with Gasteiger partial charge in [0.05, 0.1) is 11.4 Å². The van der Waals surface area contributed by atoms with Crippen LogP contribution in [-0.2, 0) is 5.54 Å². The first-order valence-corrected chi connectivity index (χ1v) is 6.44. The van der Waals surface area contributed by atoms with Gasteiger partial charge in [0.15, 0.2) is 0 Å². The van der Waals surface area contributed by atoms with Gasteiger partial charge in [-0.2, -0.15) is 0 Å². The molecule has 0 saturated carbocycles. The second kappa shape index (κ2) is 4.55. The van der Waals surface area contributed by atoms with Crippen molar-refractivity contribution in [2.75, 3.05) is 7.05 Å². The Morgan fingerprint density at radius 3 is 2.65 bits per heavy atom. The Hall–Kier alpha value is -1.26. The number of pyridine rings is 1. The zero-order chi connectivity index (χ0) is 12.5. The third-order valence-corrected chi connectivity index (χ3v) is 4.38. The molecule has 0 atom stereocenters. The van der Waals surface area contributed by atoms with Crippen molar-refractivity contribution in [3.63, 3.8) is 0 Å². The summed E-state index contributed by atoms with van der Waals surface area (Å²) in [7, 11) is 1.97. The van der Waals surface area contributed by atoms with Gasteiger partial charge in [0.25, 0.3) is 0 Å². The second-order valence-electron chi connectivity index (χ2n) is 4.52. The number of rotatable bonds is 3. The third-order valence-electron chi connectivity index (χ3n) is 2.87. The minimum atomic E-state index is -0.0468. The number of hydrogen-bond donors (Lipinski definition) is 1. The van der Waals surface area contributed by atoms with Crippen LogP contribution < -0.4 is 5.32 Å². The van der Waals surface area contributed by atoms with Gasteiger partial charge in [-0.15, -0.1) is 11.3 Å². The summed E-state index contributed by atoms with van der Waals surface area (Å²) >= 11 is 1.71. The van der Waals surface area contributed by atoms with Crippen molar-refractivity contribution in [2.24, 2.45) is 0 Å². The van der Waals surface area contributed by atoms with E-state index < -0.39 is 0 Å². The molecule has 2 aromatic heterocycles. The Balaban J connectivity index is 2.45. The predicted molar refractivity (Wildman–Crippen MR) is 72.2 cm³/mol. The second-order valence-corrected chi connectivity index (χ2v) is 5.52. The largest absolute Gasteiger partial charge is 0.310 e. The molecule has 3 nitrogen and oxygen atoms in total. The summed E-state index contributed by atoms with van der Waals surface area (Å²) in [5.41, 5.74) is 1.98. The molecule has 0 spiro atoms. The fraction of sp³-hybridized carbons (Fsp3) is 0.385. The predicted octanol–water partition coefficient (Wildman–Crippen LogP) is 2.97. The van der Waals surface area contributed by atoms with E-state index in [1.165, 1.54) is 4.88 Å². The van der Waals surface area contributed by atoms with Crippen LogP contribution in [0.3, 0.4) is 0 Å². The summed E-state index contributed by atoms with van der Waals surface area (Å²) < 4.78 is 0. The molecule has 0 unspecified atom stereocenters. The third kappa shape index (κ3) is 2.37. The molecule has 2 heterocycles. The minimum Gasteiger partial charge on any atom is -0.310 e. The van der Waals surface area contributed by atoms with Crippen molar-refractivity contribution >= 4 is 11.3 Å². The van der Waals surface area contributed by atoms with E-state index in [4.69, 9.17) is 0 Å². The average Bonchev–Trinajstić information content (AvgIpc) is 2.73. The van der Waals surface area contributed by atoms with E-state index >= 15 is 0 Å². The highest BCUT2D eigenvalue weighted by Crippen LogP contribution is 2.33. The summed E-state index contributed by atoms with van der Waals surface area (Å²) in [5, 5.41) is 4.30. The van der Waals surface area contributed by atoms with Crippen LogP contribution >= 0.6 is 11.3 Å². The molecule has 1 N–H and O–H groups in total. The molecule has 2 aromatic rings. The normalized spacial score (nSPS) is 11.8. The zero-order valence-corrected chi connectivity index (χ0v) is 11.4. The quantitative estimate of drug-likeness (QED) is 0.906. The van der Waals surface area contributed by atoms with Gasteiger partial charge in [-0.3, -0.25) is 4.98 Å². The first kappa shape index (κ1) is 12.2. The number of thiazole rings is 1. The Morgan fingerprint density at radius 2 is 2.06 bits per heavy atom. The molecule has 0 aliphatic heterocycles. The highest BCUT2D eigenvalue weighted by atomic mass is 32.1. The van der Waals surface area contributed by atoms with Crippen molar-refractivity contribution in [3.05, 3.63) is 35.0 Å². The molecular weight excluding hydrogens is 230 g/mol. The lowest BCUT2D eigenvalue weighted by Crippen LogP contribution is -2.32. The van der Waals surface area contributed by atoms with Crippen molar-refractivity contribution in [1.82, 2.24) is 15.3 Å². The summed E-state index contributed by atoms with van der Waals surface area (Å²) in [4.78, 5) is 10.2. The summed E-state index contributed by atoms with van der Waals surface area (Å²) in [5.74, 6) is 0. The van der Waals surface area contributed by atoms with Gasteiger partial charge in [0.1, 0.15) is 5.01 Å². The maximum Gasteiger partial charge on any atom is 0.142 e. The van der Waals surface area contributed by atoms with Crippen LogP contribution in [0, 0.1) is 6.92 Å². The van der Waals surface area contributed by atoms with Crippen LogP contribution in [0.2, 0.25) is 0 Å². The first-order chi connectivity index (χ1) is 8.04. The summed E-state index contributed by atoms with van der Waals surface area (Å²) in [6.45, 7) is 6.38. The van der Waals surface area contributed by atoms with Gasteiger partial charge < -0.3 is 5.32 Å². The monoisotopic (exact) mass is 247 g/mol. The number of hydrogen-bond acceptors (Lipinski definition) is 4. The van der Waals surface area contributed by atoms with Gasteiger partial charge in [0.2, 0.25) is 0 Å². The number of nitrogens with one attached hydrogen (secondary N) is 1. The Morgan fingerprint density at radius 1 is 1.29 bits per heavy atom. The number of aromatic nitrogens is 2. The molecule has 0 bridgehead atoms. The molecule has 0 radical (unpaired) electrons. The van der Waals surface area contributed by atoms with Gasteiger partial charge >= 0.3 is 0 Å². The first-order valence-electron chi connectivity index (χ1n) is 5.63. The van der Waals surface area contributed by atoms with Gasteiger partial charge in [0, 0.05) is 16.6 Å². The summed E-state index contributed by atoms with van der Waals surface area (Å²) in [6, 6.07) is 5.90. The Bertz CT molecular complexity index is 503. The SMILES string of the molecule is CNC(C)(C)c1sc(-c2ccccn2)nc1C. The molecule has 0 saturated heterocycles. The molecule has 2 rings (SSSR count). The number of nitrogens with zero attached hydrogens (tertiary/aromatic N) is 2. The lowest BCUT2D eigenvalue weighted by atomic mass is 10.0. The highest BCUT2D eigenvalue weighted by Gasteiger charge is 2.24. The molecule has 17 heavy (non-hydrogen) atoms. The van der Waals surface area contributed by atoms with Crippen LogP contribution in [0.1, 0.15) is 24.4 Å². The van der Waals surface area contributed by atoms with E-state index in [2.05, 4.69) is 36.1 Å². The standard InChI is InChI=1S/C13H17N3S/c1-9-11(13(2,3)14-4)17-12(16-9)10-7-5-6-8-15-10/h5-8,14H,1-4H3. The lowest BCUT2D eigenvalue weighted by Gasteiger charge is -2.22. The van der Waals surface area contributed by atoms with E-state index in [1.54, 1.807) is 17.5 Å². The van der Waals surface area contributed by atoms with Gasteiger partial charge in [-0.1, -0.05) is 6.07 Å². The van der Waals surface area contributed by atoms with Crippen molar-refractivity contribution < 1.29 is 0 Å². The molecule has 4 heteroatoms. The van der Waals surface area contributed by atoms with Crippen molar-refractivity contribution in [2.45, 2.75) is 26.3 Å². The van der Waals surface area contributed by atoms with Crippen LogP contribution in [0.15, 0.2) is 24.4 Å². The zero-order valence-electron chi connectivity index (χ0n) is 10.6. The molecule has 0 aliphatic carbocycles. The summed E-state index contributed by atoms with van der Waals surface area (Å²) in [6.07, 6.45) is 1.80. The molecule has 0 aromatic carbocycles. The highest BCUT2D eigenvalue weighted by molar-refractivity contribution is 7.15. The molecule has 0 amide bonds. The smallest absolute Gasteiger partial charge is 0.142 e. The molecule has 0 aliphatic rings. The van der Waals surface area contributed by atoms with Crippen LogP contribution in [-0.4, -0.2) is 17.0 Å². The maximum absolute atomic E-state index is 4.61. The van der Waals surface area contributed by atoms with E-state index in [0.29, 0.717) is 0 Å². The minimum absolute atomic E-state index is 0.0468. The van der Waals surface area contributed by atoms with Crippen molar-refractivity contribution in [1.29, 1.82) is 0 Å². The van der Waals surface area contributed by atoms with E-state index in [1.807, 2.05) is 25.2 Å². The van der Waals surface area contributed by atoms with Crippen LogP contribution in [0.25, 0.3) is 10.7 Å². The lowest BCUT2D eigenvalue weighted by molar-refractivity contribution is 0.450. The van der Waals surface area contributed by atoms with Gasteiger partial charge in [-0.25, -0.2) is 4.98 Å². The van der Waals surface area contributed by atoms with Crippen LogP contribution in [0.5, 0.6) is 0 Å². The topological polar surface area (TPSA) is 37.8 Å².